The molecule has 0 fully saturated rings. The second-order valence-electron chi connectivity index (χ2n) is 4.36. The summed E-state index contributed by atoms with van der Waals surface area (Å²) in [5.41, 5.74) is 1.08. The van der Waals surface area contributed by atoms with Crippen molar-refractivity contribution in [2.45, 2.75) is 13.0 Å². The fourth-order valence-electron chi connectivity index (χ4n) is 2.19. The van der Waals surface area contributed by atoms with Gasteiger partial charge in [0.25, 0.3) is 0 Å². The Kier molecular flexibility index (Phi) is 6.10. The molecule has 0 aliphatic heterocycles. The van der Waals surface area contributed by atoms with Gasteiger partial charge in [0.1, 0.15) is 16.0 Å². The zero-order valence-electron chi connectivity index (χ0n) is 12.1. The van der Waals surface area contributed by atoms with Crippen LogP contribution in [0.4, 0.5) is 0 Å². The summed E-state index contributed by atoms with van der Waals surface area (Å²) in [6.07, 6.45) is 0. The van der Waals surface area contributed by atoms with Gasteiger partial charge < -0.3 is 14.8 Å². The maximum Gasteiger partial charge on any atom is 0.141 e. The van der Waals surface area contributed by atoms with Crippen molar-refractivity contribution in [3.05, 3.63) is 43.0 Å². The van der Waals surface area contributed by atoms with Crippen LogP contribution in [0, 0.1) is 0 Å². The van der Waals surface area contributed by atoms with Crippen molar-refractivity contribution in [3.63, 3.8) is 0 Å². The average Bonchev–Trinajstić information content (AvgIpc) is 2.91. The van der Waals surface area contributed by atoms with Gasteiger partial charge in [-0.25, -0.2) is 0 Å². The SMILES string of the molecule is CCNC(c1cc(Br)cs1)c1ccc(OC)c(Br)c1OC. The fraction of sp³-hybridized carbons (Fsp3) is 0.333. The van der Waals surface area contributed by atoms with E-state index in [1.165, 1.54) is 4.88 Å². The lowest BCUT2D eigenvalue weighted by Gasteiger charge is -2.21. The molecule has 0 saturated heterocycles. The van der Waals surface area contributed by atoms with Crippen molar-refractivity contribution in [1.82, 2.24) is 5.32 Å². The van der Waals surface area contributed by atoms with E-state index in [-0.39, 0.29) is 6.04 Å². The molecule has 0 aliphatic carbocycles. The van der Waals surface area contributed by atoms with Crippen LogP contribution >= 0.6 is 43.2 Å². The topological polar surface area (TPSA) is 30.5 Å². The van der Waals surface area contributed by atoms with Crippen molar-refractivity contribution in [1.29, 1.82) is 0 Å². The third-order valence-electron chi connectivity index (χ3n) is 3.11. The highest BCUT2D eigenvalue weighted by molar-refractivity contribution is 9.11. The zero-order valence-corrected chi connectivity index (χ0v) is 16.1. The highest BCUT2D eigenvalue weighted by atomic mass is 79.9. The van der Waals surface area contributed by atoms with Gasteiger partial charge in [0.05, 0.1) is 20.3 Å². The smallest absolute Gasteiger partial charge is 0.141 e. The van der Waals surface area contributed by atoms with Crippen LogP contribution in [0.2, 0.25) is 0 Å². The summed E-state index contributed by atoms with van der Waals surface area (Å²) in [7, 11) is 3.33. The molecule has 3 nitrogen and oxygen atoms in total. The van der Waals surface area contributed by atoms with E-state index < -0.39 is 0 Å². The monoisotopic (exact) mass is 433 g/mol. The van der Waals surface area contributed by atoms with E-state index in [0.29, 0.717) is 0 Å². The van der Waals surface area contributed by atoms with E-state index in [2.05, 4.69) is 55.5 Å². The molecule has 21 heavy (non-hydrogen) atoms. The van der Waals surface area contributed by atoms with Crippen molar-refractivity contribution < 1.29 is 9.47 Å². The predicted molar refractivity (Wildman–Crippen MR) is 94.8 cm³/mol. The van der Waals surface area contributed by atoms with Gasteiger partial charge in [-0.15, -0.1) is 11.3 Å². The number of benzene rings is 1. The van der Waals surface area contributed by atoms with E-state index >= 15 is 0 Å². The highest BCUT2D eigenvalue weighted by Gasteiger charge is 2.22. The normalized spacial score (nSPS) is 12.2. The van der Waals surface area contributed by atoms with Gasteiger partial charge in [0, 0.05) is 20.3 Å². The minimum absolute atomic E-state index is 0.0865. The van der Waals surface area contributed by atoms with Crippen LogP contribution < -0.4 is 14.8 Å². The van der Waals surface area contributed by atoms with Gasteiger partial charge in [-0.1, -0.05) is 6.92 Å². The summed E-state index contributed by atoms with van der Waals surface area (Å²) in [6.45, 7) is 2.97. The predicted octanol–water partition coefficient (Wildman–Crippen LogP) is 4.99. The Morgan fingerprint density at radius 1 is 1.24 bits per heavy atom. The van der Waals surface area contributed by atoms with Crippen LogP contribution in [0.15, 0.2) is 32.5 Å². The van der Waals surface area contributed by atoms with E-state index in [1.54, 1.807) is 25.6 Å². The number of rotatable bonds is 6. The minimum atomic E-state index is 0.0865. The first kappa shape index (κ1) is 16.8. The second kappa shape index (κ2) is 7.63. The molecule has 114 valence electrons. The first-order valence-corrected chi connectivity index (χ1v) is 8.96. The number of halogens is 2. The third kappa shape index (κ3) is 3.62. The molecule has 1 aromatic carbocycles. The Balaban J connectivity index is 2.52. The van der Waals surface area contributed by atoms with E-state index in [9.17, 15) is 0 Å². The molecule has 0 aliphatic rings. The zero-order chi connectivity index (χ0) is 15.4. The van der Waals surface area contributed by atoms with Gasteiger partial charge in [-0.3, -0.25) is 0 Å². The quantitative estimate of drug-likeness (QED) is 0.694. The Labute approximate surface area is 145 Å². The lowest BCUT2D eigenvalue weighted by atomic mass is 10.0. The number of ether oxygens (including phenoxy) is 2. The number of nitrogens with one attached hydrogen (secondary N) is 1. The Morgan fingerprint density at radius 2 is 2.00 bits per heavy atom. The van der Waals surface area contributed by atoms with Crippen LogP contribution in [-0.2, 0) is 0 Å². The molecule has 1 atom stereocenters. The highest BCUT2D eigenvalue weighted by Crippen LogP contribution is 2.42. The molecule has 0 radical (unpaired) electrons. The molecule has 1 unspecified atom stereocenters. The fourth-order valence-corrected chi connectivity index (χ4v) is 4.41. The molecule has 1 heterocycles. The van der Waals surface area contributed by atoms with Gasteiger partial charge in [-0.2, -0.15) is 0 Å². The average molecular weight is 435 g/mol. The van der Waals surface area contributed by atoms with E-state index in [1.807, 2.05) is 12.1 Å². The van der Waals surface area contributed by atoms with Crippen LogP contribution in [-0.4, -0.2) is 20.8 Å². The molecule has 0 bridgehead atoms. The standard InChI is InChI=1S/C15H17Br2NO2S/c1-4-18-14(12-7-9(16)8-21-12)10-5-6-11(19-2)13(17)15(10)20-3/h5-8,14,18H,4H2,1-3H3. The molecule has 0 amide bonds. The number of hydrogen-bond donors (Lipinski definition) is 1. The van der Waals surface area contributed by atoms with E-state index in [0.717, 1.165) is 32.6 Å². The van der Waals surface area contributed by atoms with Gasteiger partial charge in [-0.05, 0) is 56.6 Å². The molecule has 1 aromatic heterocycles. The summed E-state index contributed by atoms with van der Waals surface area (Å²) in [5.74, 6) is 1.56. The second-order valence-corrected chi connectivity index (χ2v) is 7.01. The summed E-state index contributed by atoms with van der Waals surface area (Å²) in [6, 6.07) is 6.22. The molecular formula is C15H17Br2NO2S. The number of thiophene rings is 1. The largest absolute Gasteiger partial charge is 0.495 e. The molecule has 2 rings (SSSR count). The first-order chi connectivity index (χ1) is 10.1. The molecule has 6 heteroatoms. The molecule has 0 saturated carbocycles. The molecule has 1 N–H and O–H groups in total. The molecule has 0 spiro atoms. The maximum atomic E-state index is 5.60. The van der Waals surface area contributed by atoms with Gasteiger partial charge in [0.15, 0.2) is 0 Å². The van der Waals surface area contributed by atoms with Crippen molar-refractivity contribution >= 4 is 43.2 Å². The lowest BCUT2D eigenvalue weighted by molar-refractivity contribution is 0.383. The Bertz CT molecular complexity index is 616. The maximum absolute atomic E-state index is 5.60. The van der Waals surface area contributed by atoms with Crippen molar-refractivity contribution in [2.24, 2.45) is 0 Å². The summed E-state index contributed by atoms with van der Waals surface area (Å²) < 4.78 is 12.9. The summed E-state index contributed by atoms with van der Waals surface area (Å²) in [5, 5.41) is 5.60. The van der Waals surface area contributed by atoms with Crippen LogP contribution in [0.1, 0.15) is 23.4 Å². The van der Waals surface area contributed by atoms with E-state index in [4.69, 9.17) is 9.47 Å². The first-order valence-electron chi connectivity index (χ1n) is 6.50. The van der Waals surface area contributed by atoms with Gasteiger partial charge in [0.2, 0.25) is 0 Å². The Morgan fingerprint density at radius 3 is 2.52 bits per heavy atom. The third-order valence-corrected chi connectivity index (χ3v) is 5.62. The van der Waals surface area contributed by atoms with Crippen molar-refractivity contribution in [2.75, 3.05) is 20.8 Å². The molecular weight excluding hydrogens is 418 g/mol. The lowest BCUT2D eigenvalue weighted by Crippen LogP contribution is -2.21. The number of methoxy groups -OCH3 is 2. The number of hydrogen-bond acceptors (Lipinski definition) is 4. The van der Waals surface area contributed by atoms with Crippen LogP contribution in [0.3, 0.4) is 0 Å². The minimum Gasteiger partial charge on any atom is -0.495 e. The summed E-state index contributed by atoms with van der Waals surface area (Å²) in [4.78, 5) is 1.24. The van der Waals surface area contributed by atoms with Gasteiger partial charge >= 0.3 is 0 Å². The van der Waals surface area contributed by atoms with Crippen LogP contribution in [0.5, 0.6) is 11.5 Å². The molecule has 2 aromatic rings. The Hall–Kier alpha value is -0.560. The van der Waals surface area contributed by atoms with Crippen molar-refractivity contribution in [3.8, 4) is 11.5 Å². The summed E-state index contributed by atoms with van der Waals surface area (Å²) >= 11 is 8.80. The van der Waals surface area contributed by atoms with Crippen LogP contribution in [0.25, 0.3) is 0 Å².